The molecule has 1 aliphatic rings. The van der Waals surface area contributed by atoms with Gasteiger partial charge < -0.3 is 10.4 Å². The zero-order chi connectivity index (χ0) is 13.0. The SMILES string of the molecule is CC(NC1CCC(CO)CC1)c1cccc(Cl)c1. The summed E-state index contributed by atoms with van der Waals surface area (Å²) in [6.07, 6.45) is 4.60. The molecule has 100 valence electrons. The first kappa shape index (κ1) is 13.9. The van der Waals surface area contributed by atoms with Crippen LogP contribution in [-0.2, 0) is 0 Å². The lowest BCUT2D eigenvalue weighted by Crippen LogP contribution is -2.35. The van der Waals surface area contributed by atoms with Gasteiger partial charge in [-0.15, -0.1) is 0 Å². The topological polar surface area (TPSA) is 32.3 Å². The minimum Gasteiger partial charge on any atom is -0.396 e. The summed E-state index contributed by atoms with van der Waals surface area (Å²) in [6, 6.07) is 8.95. The summed E-state index contributed by atoms with van der Waals surface area (Å²) in [5.74, 6) is 0.518. The van der Waals surface area contributed by atoms with Gasteiger partial charge >= 0.3 is 0 Å². The Bertz CT molecular complexity index is 375. The smallest absolute Gasteiger partial charge is 0.0459 e. The molecular formula is C15H22ClNO. The van der Waals surface area contributed by atoms with Crippen LogP contribution in [0.25, 0.3) is 0 Å². The fourth-order valence-electron chi connectivity index (χ4n) is 2.74. The van der Waals surface area contributed by atoms with Gasteiger partial charge in [-0.05, 0) is 56.2 Å². The van der Waals surface area contributed by atoms with Gasteiger partial charge in [-0.2, -0.15) is 0 Å². The second-order valence-corrected chi connectivity index (χ2v) is 5.78. The van der Waals surface area contributed by atoms with Crippen molar-refractivity contribution in [3.8, 4) is 0 Å². The monoisotopic (exact) mass is 267 g/mol. The van der Waals surface area contributed by atoms with Crippen LogP contribution in [-0.4, -0.2) is 17.8 Å². The van der Waals surface area contributed by atoms with E-state index in [1.54, 1.807) is 0 Å². The molecule has 0 aromatic heterocycles. The summed E-state index contributed by atoms with van der Waals surface area (Å²) in [5, 5.41) is 13.6. The highest BCUT2D eigenvalue weighted by atomic mass is 35.5. The Morgan fingerprint density at radius 2 is 2.06 bits per heavy atom. The second-order valence-electron chi connectivity index (χ2n) is 5.34. The summed E-state index contributed by atoms with van der Waals surface area (Å²) < 4.78 is 0. The molecule has 1 saturated carbocycles. The maximum absolute atomic E-state index is 9.13. The molecule has 0 aliphatic heterocycles. The molecule has 0 heterocycles. The largest absolute Gasteiger partial charge is 0.396 e. The Morgan fingerprint density at radius 3 is 2.67 bits per heavy atom. The van der Waals surface area contributed by atoms with E-state index in [0.29, 0.717) is 24.6 Å². The molecule has 1 atom stereocenters. The number of aliphatic hydroxyl groups excluding tert-OH is 1. The fourth-order valence-corrected chi connectivity index (χ4v) is 2.94. The van der Waals surface area contributed by atoms with Crippen LogP contribution in [0.1, 0.15) is 44.2 Å². The Hall–Kier alpha value is -0.570. The molecule has 0 bridgehead atoms. The first-order valence-corrected chi connectivity index (χ1v) is 7.19. The van der Waals surface area contributed by atoms with Gasteiger partial charge in [-0.25, -0.2) is 0 Å². The quantitative estimate of drug-likeness (QED) is 0.875. The van der Waals surface area contributed by atoms with E-state index in [1.807, 2.05) is 18.2 Å². The van der Waals surface area contributed by atoms with Gasteiger partial charge in [0.05, 0.1) is 0 Å². The first-order chi connectivity index (χ1) is 8.69. The minimum absolute atomic E-state index is 0.333. The molecule has 1 unspecified atom stereocenters. The van der Waals surface area contributed by atoms with Crippen LogP contribution in [0.3, 0.4) is 0 Å². The van der Waals surface area contributed by atoms with Gasteiger partial charge in [0.1, 0.15) is 0 Å². The third kappa shape index (κ3) is 3.71. The third-order valence-corrected chi connectivity index (χ3v) is 4.17. The minimum atomic E-state index is 0.333. The lowest BCUT2D eigenvalue weighted by Gasteiger charge is -2.30. The average molecular weight is 268 g/mol. The highest BCUT2D eigenvalue weighted by Gasteiger charge is 2.21. The maximum Gasteiger partial charge on any atom is 0.0459 e. The van der Waals surface area contributed by atoms with E-state index in [9.17, 15) is 0 Å². The van der Waals surface area contributed by atoms with E-state index in [4.69, 9.17) is 16.7 Å². The predicted octanol–water partition coefficient (Wildman–Crippen LogP) is 3.54. The number of hydrogen-bond donors (Lipinski definition) is 2. The van der Waals surface area contributed by atoms with Crippen molar-refractivity contribution in [2.24, 2.45) is 5.92 Å². The summed E-state index contributed by atoms with van der Waals surface area (Å²) in [5.41, 5.74) is 1.24. The Morgan fingerprint density at radius 1 is 1.33 bits per heavy atom. The number of rotatable bonds is 4. The van der Waals surface area contributed by atoms with Gasteiger partial charge in [-0.1, -0.05) is 23.7 Å². The molecule has 1 aromatic carbocycles. The van der Waals surface area contributed by atoms with E-state index in [0.717, 1.165) is 30.7 Å². The Labute approximate surface area is 114 Å². The lowest BCUT2D eigenvalue weighted by molar-refractivity contribution is 0.172. The van der Waals surface area contributed by atoms with Crippen molar-refractivity contribution in [2.45, 2.75) is 44.7 Å². The third-order valence-electron chi connectivity index (χ3n) is 3.94. The first-order valence-electron chi connectivity index (χ1n) is 6.81. The molecule has 0 spiro atoms. The van der Waals surface area contributed by atoms with Crippen molar-refractivity contribution in [2.75, 3.05) is 6.61 Å². The van der Waals surface area contributed by atoms with Crippen LogP contribution in [0.15, 0.2) is 24.3 Å². The predicted molar refractivity (Wildman–Crippen MR) is 75.8 cm³/mol. The summed E-state index contributed by atoms with van der Waals surface area (Å²) >= 11 is 6.01. The average Bonchev–Trinajstić information content (AvgIpc) is 2.39. The van der Waals surface area contributed by atoms with Gasteiger partial charge in [0.15, 0.2) is 0 Å². The standard InChI is InChI=1S/C15H22ClNO/c1-11(13-3-2-4-14(16)9-13)17-15-7-5-12(10-18)6-8-15/h2-4,9,11-12,15,17-18H,5-8,10H2,1H3. The molecular weight excluding hydrogens is 246 g/mol. The number of nitrogens with one attached hydrogen (secondary N) is 1. The van der Waals surface area contributed by atoms with Crippen molar-refractivity contribution in [1.82, 2.24) is 5.32 Å². The van der Waals surface area contributed by atoms with Crippen LogP contribution in [0.5, 0.6) is 0 Å². The molecule has 2 nitrogen and oxygen atoms in total. The summed E-state index contributed by atoms with van der Waals surface area (Å²) in [6.45, 7) is 2.53. The van der Waals surface area contributed by atoms with Crippen LogP contribution < -0.4 is 5.32 Å². The van der Waals surface area contributed by atoms with Crippen molar-refractivity contribution < 1.29 is 5.11 Å². The van der Waals surface area contributed by atoms with Crippen LogP contribution in [0.2, 0.25) is 5.02 Å². The van der Waals surface area contributed by atoms with Crippen molar-refractivity contribution in [1.29, 1.82) is 0 Å². The van der Waals surface area contributed by atoms with Crippen LogP contribution >= 0.6 is 11.6 Å². The Balaban J connectivity index is 1.86. The molecule has 1 aliphatic carbocycles. The second kappa shape index (κ2) is 6.55. The van der Waals surface area contributed by atoms with Crippen molar-refractivity contribution >= 4 is 11.6 Å². The zero-order valence-electron chi connectivity index (χ0n) is 10.9. The van der Waals surface area contributed by atoms with Gasteiger partial charge in [0.25, 0.3) is 0 Å². The highest BCUT2D eigenvalue weighted by Crippen LogP contribution is 2.26. The van der Waals surface area contributed by atoms with E-state index in [-0.39, 0.29) is 0 Å². The fraction of sp³-hybridized carbons (Fsp3) is 0.600. The molecule has 1 fully saturated rings. The van der Waals surface area contributed by atoms with Gasteiger partial charge in [0.2, 0.25) is 0 Å². The molecule has 18 heavy (non-hydrogen) atoms. The number of benzene rings is 1. The molecule has 2 rings (SSSR count). The number of aliphatic hydroxyl groups is 1. The molecule has 0 amide bonds. The van der Waals surface area contributed by atoms with Crippen molar-refractivity contribution in [3.63, 3.8) is 0 Å². The molecule has 3 heteroatoms. The van der Waals surface area contributed by atoms with Gasteiger partial charge in [-0.3, -0.25) is 0 Å². The number of halogens is 1. The lowest BCUT2D eigenvalue weighted by atomic mass is 9.86. The zero-order valence-corrected chi connectivity index (χ0v) is 11.7. The summed E-state index contributed by atoms with van der Waals surface area (Å²) in [7, 11) is 0. The summed E-state index contributed by atoms with van der Waals surface area (Å²) in [4.78, 5) is 0. The van der Waals surface area contributed by atoms with Gasteiger partial charge in [0, 0.05) is 23.7 Å². The maximum atomic E-state index is 9.13. The molecule has 0 radical (unpaired) electrons. The van der Waals surface area contributed by atoms with E-state index >= 15 is 0 Å². The van der Waals surface area contributed by atoms with Crippen molar-refractivity contribution in [3.05, 3.63) is 34.9 Å². The molecule has 1 aromatic rings. The van der Waals surface area contributed by atoms with E-state index in [2.05, 4.69) is 18.3 Å². The Kier molecular flexibility index (Phi) is 5.04. The molecule has 0 saturated heterocycles. The highest BCUT2D eigenvalue weighted by molar-refractivity contribution is 6.30. The van der Waals surface area contributed by atoms with E-state index in [1.165, 1.54) is 5.56 Å². The number of hydrogen-bond acceptors (Lipinski definition) is 2. The molecule has 2 N–H and O–H groups in total. The van der Waals surface area contributed by atoms with Crippen LogP contribution in [0, 0.1) is 5.92 Å². The van der Waals surface area contributed by atoms with E-state index < -0.39 is 0 Å². The van der Waals surface area contributed by atoms with Crippen LogP contribution in [0.4, 0.5) is 0 Å². The normalized spacial score (nSPS) is 25.9.